The maximum Gasteiger partial charge on any atom is 0.433 e. The second-order valence-corrected chi connectivity index (χ2v) is 7.62. The number of aromatic nitrogens is 5. The molecule has 180 valence electrons. The van der Waals surface area contributed by atoms with Crippen molar-refractivity contribution in [1.82, 2.24) is 24.7 Å². The third-order valence-electron chi connectivity index (χ3n) is 4.77. The van der Waals surface area contributed by atoms with Crippen LogP contribution >= 0.6 is 0 Å². The highest BCUT2D eigenvalue weighted by molar-refractivity contribution is 6.04. The van der Waals surface area contributed by atoms with Gasteiger partial charge in [0.05, 0.1) is 5.56 Å². The maximum atomic E-state index is 14.4. The van der Waals surface area contributed by atoms with Crippen molar-refractivity contribution in [2.24, 2.45) is 0 Å². The van der Waals surface area contributed by atoms with Crippen LogP contribution in [-0.4, -0.2) is 30.6 Å². The third kappa shape index (κ3) is 5.42. The van der Waals surface area contributed by atoms with Crippen LogP contribution < -0.4 is 10.1 Å². The van der Waals surface area contributed by atoms with Crippen LogP contribution in [0.1, 0.15) is 35.9 Å². The molecule has 0 saturated heterocycles. The monoisotopic (exact) mass is 486 g/mol. The third-order valence-corrected chi connectivity index (χ3v) is 4.77. The van der Waals surface area contributed by atoms with Crippen LogP contribution in [-0.2, 0) is 6.18 Å². The maximum absolute atomic E-state index is 14.4. The normalized spacial score (nSPS) is 11.5. The van der Waals surface area contributed by atoms with E-state index in [4.69, 9.17) is 4.74 Å². The van der Waals surface area contributed by atoms with Gasteiger partial charge in [-0.1, -0.05) is 12.1 Å². The van der Waals surface area contributed by atoms with Crippen LogP contribution in [0.25, 0.3) is 11.5 Å². The predicted octanol–water partition coefficient (Wildman–Crippen LogP) is 5.52. The molecular weight excluding hydrogens is 468 g/mol. The summed E-state index contributed by atoms with van der Waals surface area (Å²) in [7, 11) is 0. The van der Waals surface area contributed by atoms with Gasteiger partial charge in [0.2, 0.25) is 5.88 Å². The highest BCUT2D eigenvalue weighted by atomic mass is 19.4. The van der Waals surface area contributed by atoms with E-state index in [9.17, 15) is 22.4 Å². The van der Waals surface area contributed by atoms with Crippen molar-refractivity contribution in [3.05, 3.63) is 78.0 Å². The van der Waals surface area contributed by atoms with E-state index >= 15 is 0 Å². The smallest absolute Gasteiger partial charge is 0.433 e. The lowest BCUT2D eigenvalue weighted by Gasteiger charge is -2.12. The number of hydrogen-bond acceptors (Lipinski definition) is 6. The average Bonchev–Trinajstić information content (AvgIpc) is 3.31. The number of halogens is 4. The van der Waals surface area contributed by atoms with E-state index in [1.165, 1.54) is 18.2 Å². The second kappa shape index (κ2) is 9.49. The van der Waals surface area contributed by atoms with Crippen molar-refractivity contribution in [2.75, 3.05) is 5.32 Å². The Bertz CT molecular complexity index is 1370. The van der Waals surface area contributed by atoms with Gasteiger partial charge >= 0.3 is 6.18 Å². The molecule has 35 heavy (non-hydrogen) atoms. The van der Waals surface area contributed by atoms with Gasteiger partial charge < -0.3 is 14.6 Å². The Morgan fingerprint density at radius 1 is 1.06 bits per heavy atom. The largest absolute Gasteiger partial charge is 0.439 e. The highest BCUT2D eigenvalue weighted by Gasteiger charge is 2.32. The zero-order valence-corrected chi connectivity index (χ0v) is 18.4. The van der Waals surface area contributed by atoms with E-state index in [0.29, 0.717) is 11.5 Å². The number of alkyl halides is 3. The van der Waals surface area contributed by atoms with Gasteiger partial charge in [-0.15, -0.1) is 10.2 Å². The van der Waals surface area contributed by atoms with Crippen LogP contribution in [0.2, 0.25) is 0 Å². The molecule has 0 saturated carbocycles. The van der Waals surface area contributed by atoms with Crippen LogP contribution in [0.5, 0.6) is 11.6 Å². The standard InChI is InChI=1S/C23H18F4N6O2/c1-13(2)33-12-28-32-21(33)17-5-3-7-19(29-17)31-22(34)15-11-14(9-10-16(15)24)35-20-8-4-6-18(30-20)23(25,26)27/h3-13H,1-2H3,(H,29,31,34). The summed E-state index contributed by atoms with van der Waals surface area (Å²) in [6, 6.07) is 11.3. The number of nitrogens with one attached hydrogen (secondary N) is 1. The number of carbonyl (C=O) groups excluding carboxylic acids is 1. The summed E-state index contributed by atoms with van der Waals surface area (Å²) in [6.07, 6.45) is -3.09. The summed E-state index contributed by atoms with van der Waals surface area (Å²) < 4.78 is 60.2. The van der Waals surface area contributed by atoms with Crippen LogP contribution in [0.15, 0.2) is 60.9 Å². The van der Waals surface area contributed by atoms with Gasteiger partial charge in [0.15, 0.2) is 5.82 Å². The van der Waals surface area contributed by atoms with E-state index in [1.807, 2.05) is 13.8 Å². The molecule has 0 fully saturated rings. The molecule has 0 aliphatic carbocycles. The zero-order chi connectivity index (χ0) is 25.2. The summed E-state index contributed by atoms with van der Waals surface area (Å²) >= 11 is 0. The summed E-state index contributed by atoms with van der Waals surface area (Å²) in [5, 5.41) is 10.4. The lowest BCUT2D eigenvalue weighted by atomic mass is 10.2. The molecule has 4 aromatic rings. The van der Waals surface area contributed by atoms with Gasteiger partial charge in [0, 0.05) is 12.1 Å². The minimum absolute atomic E-state index is 0.0724. The molecule has 0 unspecified atom stereocenters. The molecule has 0 spiro atoms. The lowest BCUT2D eigenvalue weighted by molar-refractivity contribution is -0.141. The predicted molar refractivity (Wildman–Crippen MR) is 117 cm³/mol. The fraction of sp³-hybridized carbons (Fsp3) is 0.174. The van der Waals surface area contributed by atoms with Crippen LogP contribution in [0, 0.1) is 5.82 Å². The molecule has 12 heteroatoms. The lowest BCUT2D eigenvalue weighted by Crippen LogP contribution is -2.15. The molecular formula is C23H18F4N6O2. The Morgan fingerprint density at radius 2 is 1.83 bits per heavy atom. The van der Waals surface area contributed by atoms with Gasteiger partial charge in [-0.05, 0) is 50.2 Å². The molecule has 0 aliphatic heterocycles. The van der Waals surface area contributed by atoms with E-state index in [-0.39, 0.29) is 23.5 Å². The average molecular weight is 486 g/mol. The molecule has 1 N–H and O–H groups in total. The van der Waals surface area contributed by atoms with Crippen LogP contribution in [0.3, 0.4) is 0 Å². The SMILES string of the molecule is CC(C)n1cnnc1-c1cccc(NC(=O)c2cc(Oc3cccc(C(F)(F)F)n3)ccc2F)n1. The minimum atomic E-state index is -4.66. The topological polar surface area (TPSA) is 94.8 Å². The van der Waals surface area contributed by atoms with Gasteiger partial charge in [-0.3, -0.25) is 4.79 Å². The van der Waals surface area contributed by atoms with E-state index in [1.54, 1.807) is 23.0 Å². The van der Waals surface area contributed by atoms with Gasteiger partial charge in [-0.25, -0.2) is 14.4 Å². The number of anilines is 1. The molecule has 8 nitrogen and oxygen atoms in total. The number of benzene rings is 1. The molecule has 3 heterocycles. The Hall–Kier alpha value is -4.35. The van der Waals surface area contributed by atoms with Crippen molar-refractivity contribution in [3.8, 4) is 23.1 Å². The fourth-order valence-corrected chi connectivity index (χ4v) is 3.11. The quantitative estimate of drug-likeness (QED) is 0.361. The van der Waals surface area contributed by atoms with Crippen molar-refractivity contribution in [2.45, 2.75) is 26.1 Å². The zero-order valence-electron chi connectivity index (χ0n) is 18.4. The summed E-state index contributed by atoms with van der Waals surface area (Å²) in [5.74, 6) is -1.50. The van der Waals surface area contributed by atoms with E-state index in [0.717, 1.165) is 24.3 Å². The highest BCUT2D eigenvalue weighted by Crippen LogP contribution is 2.30. The number of carbonyl (C=O) groups is 1. The molecule has 1 aromatic carbocycles. The number of pyridine rings is 2. The van der Waals surface area contributed by atoms with Crippen LogP contribution in [0.4, 0.5) is 23.4 Å². The number of hydrogen-bond donors (Lipinski definition) is 1. The van der Waals surface area contributed by atoms with E-state index < -0.39 is 29.2 Å². The molecule has 0 aliphatic rings. The van der Waals surface area contributed by atoms with Gasteiger partial charge in [-0.2, -0.15) is 13.2 Å². The first-order valence-corrected chi connectivity index (χ1v) is 10.3. The first-order chi connectivity index (χ1) is 16.6. The van der Waals surface area contributed by atoms with Gasteiger partial charge in [0.1, 0.15) is 35.1 Å². The number of rotatable bonds is 6. The Kier molecular flexibility index (Phi) is 6.45. The Labute approximate surface area is 196 Å². The van der Waals surface area contributed by atoms with Crippen molar-refractivity contribution in [3.63, 3.8) is 0 Å². The molecule has 0 atom stereocenters. The van der Waals surface area contributed by atoms with Crippen molar-refractivity contribution in [1.29, 1.82) is 0 Å². The summed E-state index contributed by atoms with van der Waals surface area (Å²) in [4.78, 5) is 20.5. The fourth-order valence-electron chi connectivity index (χ4n) is 3.11. The summed E-state index contributed by atoms with van der Waals surface area (Å²) in [5.41, 5.74) is -1.09. The number of ether oxygens (including phenoxy) is 1. The number of nitrogens with zero attached hydrogens (tertiary/aromatic N) is 5. The van der Waals surface area contributed by atoms with Gasteiger partial charge in [0.25, 0.3) is 5.91 Å². The minimum Gasteiger partial charge on any atom is -0.439 e. The first-order valence-electron chi connectivity index (χ1n) is 10.3. The molecule has 0 radical (unpaired) electrons. The van der Waals surface area contributed by atoms with E-state index in [2.05, 4.69) is 25.5 Å². The molecule has 0 bridgehead atoms. The first kappa shape index (κ1) is 23.8. The number of amides is 1. The van der Waals surface area contributed by atoms with Crippen molar-refractivity contribution < 1.29 is 27.1 Å². The Balaban J connectivity index is 1.55. The second-order valence-electron chi connectivity index (χ2n) is 7.62. The molecule has 4 rings (SSSR count). The summed E-state index contributed by atoms with van der Waals surface area (Å²) in [6.45, 7) is 3.90. The Morgan fingerprint density at radius 3 is 2.57 bits per heavy atom. The molecule has 1 amide bonds. The molecule has 3 aromatic heterocycles. The van der Waals surface area contributed by atoms with Crippen molar-refractivity contribution >= 4 is 11.7 Å².